The van der Waals surface area contributed by atoms with Crippen LogP contribution in [0.5, 0.6) is 5.75 Å². The second-order valence-corrected chi connectivity index (χ2v) is 6.51. The molecule has 0 saturated carbocycles. The van der Waals surface area contributed by atoms with Gasteiger partial charge in [-0.25, -0.2) is 0 Å². The largest absolute Gasteiger partial charge is 0.495 e. The van der Waals surface area contributed by atoms with Gasteiger partial charge in [0.15, 0.2) is 0 Å². The molecule has 0 aliphatic heterocycles. The smallest absolute Gasteiger partial charge is 0.237 e. The Balaban J connectivity index is 1.89. The first kappa shape index (κ1) is 16.7. The molecule has 0 heterocycles. The van der Waals surface area contributed by atoms with E-state index in [1.54, 1.807) is 37.1 Å². The zero-order chi connectivity index (χ0) is 15.9. The fourth-order valence-electron chi connectivity index (χ4n) is 1.86. The maximum atomic E-state index is 12.2. The fraction of sp³-hybridized carbons (Fsp3) is 0.235. The Morgan fingerprint density at radius 3 is 2.64 bits per heavy atom. The monoisotopic (exact) mass is 335 g/mol. The van der Waals surface area contributed by atoms with E-state index in [4.69, 9.17) is 16.3 Å². The van der Waals surface area contributed by atoms with E-state index in [0.717, 1.165) is 5.75 Å². The number of hydrogen-bond donors (Lipinski definition) is 1. The minimum Gasteiger partial charge on any atom is -0.495 e. The van der Waals surface area contributed by atoms with Gasteiger partial charge in [0.1, 0.15) is 5.75 Å². The van der Waals surface area contributed by atoms with Gasteiger partial charge in [0.05, 0.1) is 17.4 Å². The summed E-state index contributed by atoms with van der Waals surface area (Å²) in [6.07, 6.45) is 0. The van der Waals surface area contributed by atoms with Crippen molar-refractivity contribution in [3.8, 4) is 5.75 Å². The zero-order valence-corrected chi connectivity index (χ0v) is 14.1. The quantitative estimate of drug-likeness (QED) is 0.837. The topological polar surface area (TPSA) is 38.3 Å². The summed E-state index contributed by atoms with van der Waals surface area (Å²) in [7, 11) is 1.56. The minimum absolute atomic E-state index is 0.0397. The summed E-state index contributed by atoms with van der Waals surface area (Å²) in [5, 5.41) is 3.20. The standard InChI is InChI=1S/C17H18ClNO2S/c1-12(22-11-13-6-4-3-5-7-13)17(20)19-14-8-9-16(21-2)15(18)10-14/h3-10,12H,11H2,1-2H3,(H,19,20). The van der Waals surface area contributed by atoms with E-state index in [2.05, 4.69) is 17.4 Å². The number of halogens is 1. The lowest BCUT2D eigenvalue weighted by molar-refractivity contribution is -0.115. The van der Waals surface area contributed by atoms with Gasteiger partial charge in [-0.2, -0.15) is 0 Å². The van der Waals surface area contributed by atoms with Gasteiger partial charge < -0.3 is 10.1 Å². The predicted octanol–water partition coefficient (Wildman–Crippen LogP) is 4.61. The van der Waals surface area contributed by atoms with Gasteiger partial charge in [0, 0.05) is 11.4 Å². The third-order valence-electron chi connectivity index (χ3n) is 3.13. The van der Waals surface area contributed by atoms with Crippen molar-refractivity contribution in [3.05, 3.63) is 59.1 Å². The van der Waals surface area contributed by atoms with Crippen LogP contribution in [0.2, 0.25) is 5.02 Å². The molecule has 1 amide bonds. The van der Waals surface area contributed by atoms with Crippen LogP contribution in [0.15, 0.2) is 48.5 Å². The minimum atomic E-state index is -0.152. The van der Waals surface area contributed by atoms with Crippen LogP contribution in [0.3, 0.4) is 0 Å². The van der Waals surface area contributed by atoms with Gasteiger partial charge in [0.25, 0.3) is 0 Å². The third-order valence-corrected chi connectivity index (χ3v) is 4.64. The molecule has 0 radical (unpaired) electrons. The molecule has 0 bridgehead atoms. The normalized spacial score (nSPS) is 11.8. The number of ether oxygens (including phenoxy) is 1. The number of thioether (sulfide) groups is 1. The van der Waals surface area contributed by atoms with E-state index in [-0.39, 0.29) is 11.2 Å². The number of hydrogen-bond acceptors (Lipinski definition) is 3. The second-order valence-electron chi connectivity index (χ2n) is 4.78. The SMILES string of the molecule is COc1ccc(NC(=O)C(C)SCc2ccccc2)cc1Cl. The molecule has 1 atom stereocenters. The van der Waals surface area contributed by atoms with E-state index in [1.165, 1.54) is 5.56 Å². The molecule has 2 rings (SSSR count). The third kappa shape index (κ3) is 4.68. The van der Waals surface area contributed by atoms with Gasteiger partial charge in [0.2, 0.25) is 5.91 Å². The molecule has 0 fully saturated rings. The highest BCUT2D eigenvalue weighted by Crippen LogP contribution is 2.27. The molecule has 116 valence electrons. The van der Waals surface area contributed by atoms with Crippen molar-refractivity contribution in [1.29, 1.82) is 0 Å². The number of carbonyl (C=O) groups is 1. The zero-order valence-electron chi connectivity index (χ0n) is 12.5. The summed E-state index contributed by atoms with van der Waals surface area (Å²) in [5.74, 6) is 1.35. The summed E-state index contributed by atoms with van der Waals surface area (Å²) in [4.78, 5) is 12.2. The van der Waals surface area contributed by atoms with Crippen LogP contribution < -0.4 is 10.1 Å². The van der Waals surface area contributed by atoms with Gasteiger partial charge >= 0.3 is 0 Å². The summed E-state index contributed by atoms with van der Waals surface area (Å²) < 4.78 is 5.09. The van der Waals surface area contributed by atoms with Crippen molar-refractivity contribution in [2.45, 2.75) is 17.9 Å². The number of methoxy groups -OCH3 is 1. The summed E-state index contributed by atoms with van der Waals surface area (Å²) in [5.41, 5.74) is 1.88. The van der Waals surface area contributed by atoms with Crippen molar-refractivity contribution in [1.82, 2.24) is 0 Å². The van der Waals surface area contributed by atoms with E-state index in [1.807, 2.05) is 25.1 Å². The van der Waals surface area contributed by atoms with Gasteiger partial charge in [-0.3, -0.25) is 4.79 Å². The number of anilines is 1. The molecule has 0 aliphatic carbocycles. The first-order valence-corrected chi connectivity index (χ1v) is 8.32. The lowest BCUT2D eigenvalue weighted by Crippen LogP contribution is -2.22. The van der Waals surface area contributed by atoms with E-state index in [9.17, 15) is 4.79 Å². The highest BCUT2D eigenvalue weighted by Gasteiger charge is 2.14. The Morgan fingerprint density at radius 1 is 1.27 bits per heavy atom. The average Bonchev–Trinajstić information content (AvgIpc) is 2.53. The Hall–Kier alpha value is -1.65. The van der Waals surface area contributed by atoms with Crippen molar-refractivity contribution in [2.75, 3.05) is 12.4 Å². The number of rotatable bonds is 6. The van der Waals surface area contributed by atoms with E-state index >= 15 is 0 Å². The molecule has 5 heteroatoms. The molecule has 0 spiro atoms. The van der Waals surface area contributed by atoms with Crippen LogP contribution in [0.25, 0.3) is 0 Å². The molecule has 0 aliphatic rings. The fourth-order valence-corrected chi connectivity index (χ4v) is 2.96. The molecule has 3 nitrogen and oxygen atoms in total. The van der Waals surface area contributed by atoms with Crippen LogP contribution in [-0.4, -0.2) is 18.3 Å². The molecule has 1 N–H and O–H groups in total. The molecule has 2 aromatic rings. The number of amides is 1. The summed E-state index contributed by atoms with van der Waals surface area (Å²) in [6, 6.07) is 15.3. The number of nitrogens with one attached hydrogen (secondary N) is 1. The molecule has 0 saturated heterocycles. The average molecular weight is 336 g/mol. The molecular weight excluding hydrogens is 318 g/mol. The van der Waals surface area contributed by atoms with Crippen molar-refractivity contribution in [2.24, 2.45) is 0 Å². The lowest BCUT2D eigenvalue weighted by Gasteiger charge is -2.13. The first-order valence-electron chi connectivity index (χ1n) is 6.90. The summed E-state index contributed by atoms with van der Waals surface area (Å²) >= 11 is 7.65. The van der Waals surface area contributed by atoms with Crippen molar-refractivity contribution >= 4 is 35.0 Å². The lowest BCUT2D eigenvalue weighted by atomic mass is 10.2. The summed E-state index contributed by atoms with van der Waals surface area (Å²) in [6.45, 7) is 1.90. The number of benzene rings is 2. The van der Waals surface area contributed by atoms with Gasteiger partial charge in [-0.15, -0.1) is 11.8 Å². The van der Waals surface area contributed by atoms with E-state index in [0.29, 0.717) is 16.5 Å². The van der Waals surface area contributed by atoms with Crippen LogP contribution >= 0.6 is 23.4 Å². The van der Waals surface area contributed by atoms with Crippen molar-refractivity contribution in [3.63, 3.8) is 0 Å². The highest BCUT2D eigenvalue weighted by atomic mass is 35.5. The maximum absolute atomic E-state index is 12.2. The predicted molar refractivity (Wildman–Crippen MR) is 93.8 cm³/mol. The Bertz CT molecular complexity index is 634. The second kappa shape index (κ2) is 8.11. The molecule has 0 aromatic heterocycles. The van der Waals surface area contributed by atoms with E-state index < -0.39 is 0 Å². The number of carbonyl (C=O) groups excluding carboxylic acids is 1. The van der Waals surface area contributed by atoms with Gasteiger partial charge in [-0.05, 0) is 30.7 Å². The molecule has 22 heavy (non-hydrogen) atoms. The first-order chi connectivity index (χ1) is 10.6. The molecular formula is C17H18ClNO2S. The van der Waals surface area contributed by atoms with Crippen LogP contribution in [0, 0.1) is 0 Å². The Kier molecular flexibility index (Phi) is 6.16. The van der Waals surface area contributed by atoms with Crippen LogP contribution in [0.1, 0.15) is 12.5 Å². The highest BCUT2D eigenvalue weighted by molar-refractivity contribution is 7.99. The van der Waals surface area contributed by atoms with Crippen LogP contribution in [-0.2, 0) is 10.5 Å². The Labute approximate surface area is 140 Å². The maximum Gasteiger partial charge on any atom is 0.237 e. The molecule has 2 aromatic carbocycles. The van der Waals surface area contributed by atoms with Crippen molar-refractivity contribution < 1.29 is 9.53 Å². The van der Waals surface area contributed by atoms with Gasteiger partial charge in [-0.1, -0.05) is 41.9 Å². The Morgan fingerprint density at radius 2 is 2.00 bits per heavy atom. The van der Waals surface area contributed by atoms with Crippen LogP contribution in [0.4, 0.5) is 5.69 Å². The molecule has 1 unspecified atom stereocenters.